The van der Waals surface area contributed by atoms with E-state index >= 15 is 0 Å². The molecule has 6 N–H and O–H groups in total. The van der Waals surface area contributed by atoms with E-state index in [2.05, 4.69) is 9.40 Å². The third-order valence-electron chi connectivity index (χ3n) is 2.91. The van der Waals surface area contributed by atoms with Gasteiger partial charge in [-0.15, -0.1) is 0 Å². The number of carboxylic acids is 1. The molecule has 0 aliphatic heterocycles. The van der Waals surface area contributed by atoms with Gasteiger partial charge < -0.3 is 25.5 Å². The molecule has 1 heterocycles. The van der Waals surface area contributed by atoms with E-state index in [1.165, 1.54) is 30.3 Å². The molecule has 3 rings (SSSR count). The SMILES string of the molecule is Nc1ccc(O)cc1C(=O)O.O=c1[nH]c2ccc(O)cc2c(=O)o1. The number of aromatic carboxylic acids is 1. The number of anilines is 1. The first-order chi connectivity index (χ1) is 11.3. The Morgan fingerprint density at radius 1 is 1.04 bits per heavy atom. The number of aromatic nitrogens is 1. The topological polar surface area (TPSA) is 167 Å². The monoisotopic (exact) mass is 332 g/mol. The van der Waals surface area contributed by atoms with Crippen molar-refractivity contribution in [2.45, 2.75) is 0 Å². The number of hydrogen-bond acceptors (Lipinski definition) is 7. The van der Waals surface area contributed by atoms with Gasteiger partial charge in [0.15, 0.2) is 0 Å². The molecule has 9 nitrogen and oxygen atoms in total. The van der Waals surface area contributed by atoms with Gasteiger partial charge in [0.1, 0.15) is 11.5 Å². The molecule has 0 fully saturated rings. The molecule has 0 aliphatic rings. The lowest BCUT2D eigenvalue weighted by molar-refractivity contribution is 0.0697. The molecule has 24 heavy (non-hydrogen) atoms. The number of H-pyrrole nitrogens is 1. The molecular formula is C15H12N2O7. The number of benzene rings is 2. The van der Waals surface area contributed by atoms with Gasteiger partial charge >= 0.3 is 17.4 Å². The standard InChI is InChI=1S/C8H5NO4.C7H7NO3/c10-4-1-2-6-5(3-4)7(11)13-8(12)9-6;8-6-2-1-4(9)3-5(6)7(10)11/h1-3,10H,(H,9,12);1-3,9H,8H2,(H,10,11). The lowest BCUT2D eigenvalue weighted by Gasteiger charge is -1.99. The van der Waals surface area contributed by atoms with Crippen molar-refractivity contribution in [2.24, 2.45) is 0 Å². The Hall–Kier alpha value is -3.75. The second kappa shape index (κ2) is 6.57. The molecule has 9 heteroatoms. The molecular weight excluding hydrogens is 320 g/mol. The fraction of sp³-hybridized carbons (Fsp3) is 0. The number of nitrogens with two attached hydrogens (primary N) is 1. The summed E-state index contributed by atoms with van der Waals surface area (Å²) in [5.74, 6) is -2.09. The number of aromatic hydroxyl groups is 2. The van der Waals surface area contributed by atoms with Crippen LogP contribution in [0.2, 0.25) is 0 Å². The first-order valence-corrected chi connectivity index (χ1v) is 6.46. The first kappa shape index (κ1) is 16.6. The summed E-state index contributed by atoms with van der Waals surface area (Å²) in [5, 5.41) is 26.6. The summed E-state index contributed by atoms with van der Waals surface area (Å²) in [4.78, 5) is 34.5. The fourth-order valence-corrected chi connectivity index (χ4v) is 1.81. The van der Waals surface area contributed by atoms with Gasteiger partial charge in [0, 0.05) is 5.69 Å². The third kappa shape index (κ3) is 3.71. The molecule has 0 bridgehead atoms. The van der Waals surface area contributed by atoms with Crippen LogP contribution >= 0.6 is 0 Å². The second-order valence-electron chi connectivity index (χ2n) is 4.61. The van der Waals surface area contributed by atoms with E-state index in [0.717, 1.165) is 6.07 Å². The van der Waals surface area contributed by atoms with E-state index in [-0.39, 0.29) is 28.1 Å². The summed E-state index contributed by atoms with van der Waals surface area (Å²) < 4.78 is 4.27. The largest absolute Gasteiger partial charge is 0.508 e. The number of phenolic OH excluding ortho intramolecular Hbond substituents is 2. The molecule has 1 aromatic heterocycles. The van der Waals surface area contributed by atoms with Gasteiger partial charge in [-0.3, -0.25) is 4.98 Å². The molecule has 0 spiro atoms. The number of aromatic amines is 1. The highest BCUT2D eigenvalue weighted by Crippen LogP contribution is 2.17. The highest BCUT2D eigenvalue weighted by molar-refractivity contribution is 5.94. The Bertz CT molecular complexity index is 1020. The van der Waals surface area contributed by atoms with Crippen LogP contribution in [-0.2, 0) is 0 Å². The third-order valence-corrected chi connectivity index (χ3v) is 2.91. The van der Waals surface area contributed by atoms with Crippen molar-refractivity contribution in [2.75, 3.05) is 5.73 Å². The van der Waals surface area contributed by atoms with E-state index in [4.69, 9.17) is 21.1 Å². The Morgan fingerprint density at radius 2 is 1.67 bits per heavy atom. The minimum atomic E-state index is -1.14. The van der Waals surface area contributed by atoms with Crippen LogP contribution in [0.5, 0.6) is 11.5 Å². The zero-order valence-corrected chi connectivity index (χ0v) is 12.0. The van der Waals surface area contributed by atoms with Crippen molar-refractivity contribution in [1.29, 1.82) is 0 Å². The number of rotatable bonds is 1. The maximum atomic E-state index is 11.1. The summed E-state index contributed by atoms with van der Waals surface area (Å²) >= 11 is 0. The number of phenols is 2. The minimum absolute atomic E-state index is 0.0492. The predicted octanol–water partition coefficient (Wildman–Crippen LogP) is 0.859. The number of hydrogen-bond donors (Lipinski definition) is 5. The van der Waals surface area contributed by atoms with Gasteiger partial charge in [-0.1, -0.05) is 0 Å². The molecule has 0 aliphatic carbocycles. The smallest absolute Gasteiger partial charge is 0.419 e. The number of nitrogen functional groups attached to an aromatic ring is 1. The summed E-state index contributed by atoms with van der Waals surface area (Å²) in [5.41, 5.74) is 4.96. The van der Waals surface area contributed by atoms with Crippen molar-refractivity contribution in [3.8, 4) is 11.5 Å². The van der Waals surface area contributed by atoms with Gasteiger partial charge in [0.05, 0.1) is 16.5 Å². The Morgan fingerprint density at radius 3 is 2.29 bits per heavy atom. The van der Waals surface area contributed by atoms with Crippen LogP contribution in [0.25, 0.3) is 10.9 Å². The summed E-state index contributed by atoms with van der Waals surface area (Å²) in [7, 11) is 0. The highest BCUT2D eigenvalue weighted by atomic mass is 16.4. The van der Waals surface area contributed by atoms with Gasteiger partial charge in [-0.2, -0.15) is 0 Å². The average Bonchev–Trinajstić information content (AvgIpc) is 2.51. The van der Waals surface area contributed by atoms with Crippen molar-refractivity contribution in [3.63, 3.8) is 0 Å². The average molecular weight is 332 g/mol. The molecule has 2 aromatic carbocycles. The van der Waals surface area contributed by atoms with Crippen LogP contribution in [-0.4, -0.2) is 26.3 Å². The lowest BCUT2D eigenvalue weighted by Crippen LogP contribution is -2.14. The molecule has 0 saturated heterocycles. The van der Waals surface area contributed by atoms with Crippen molar-refractivity contribution in [3.05, 3.63) is 62.9 Å². The molecule has 124 valence electrons. The van der Waals surface area contributed by atoms with Crippen LogP contribution in [0.1, 0.15) is 10.4 Å². The van der Waals surface area contributed by atoms with E-state index in [0.29, 0.717) is 5.52 Å². The second-order valence-corrected chi connectivity index (χ2v) is 4.61. The Labute approximate surface area is 133 Å². The Kier molecular flexibility index (Phi) is 4.55. The van der Waals surface area contributed by atoms with Crippen molar-refractivity contribution < 1.29 is 24.5 Å². The normalized spacial score (nSPS) is 10.0. The van der Waals surface area contributed by atoms with E-state index in [1.54, 1.807) is 0 Å². The van der Waals surface area contributed by atoms with Gasteiger partial charge in [-0.05, 0) is 36.4 Å². The maximum Gasteiger partial charge on any atom is 0.419 e. The van der Waals surface area contributed by atoms with Crippen molar-refractivity contribution >= 4 is 22.6 Å². The zero-order valence-electron chi connectivity index (χ0n) is 12.0. The van der Waals surface area contributed by atoms with Gasteiger partial charge in [-0.25, -0.2) is 14.4 Å². The molecule has 0 unspecified atom stereocenters. The molecule has 3 aromatic rings. The van der Waals surface area contributed by atoms with Crippen LogP contribution in [0.4, 0.5) is 5.69 Å². The number of nitrogens with one attached hydrogen (secondary N) is 1. The van der Waals surface area contributed by atoms with Crippen LogP contribution in [0.3, 0.4) is 0 Å². The van der Waals surface area contributed by atoms with Crippen molar-refractivity contribution in [1.82, 2.24) is 4.98 Å². The van der Waals surface area contributed by atoms with E-state index in [1.807, 2.05) is 0 Å². The summed E-state index contributed by atoms with van der Waals surface area (Å²) in [6.45, 7) is 0. The van der Waals surface area contributed by atoms with E-state index in [9.17, 15) is 14.4 Å². The van der Waals surface area contributed by atoms with Crippen LogP contribution < -0.4 is 17.1 Å². The maximum absolute atomic E-state index is 11.1. The Balaban J connectivity index is 0.000000177. The minimum Gasteiger partial charge on any atom is -0.508 e. The highest BCUT2D eigenvalue weighted by Gasteiger charge is 2.07. The lowest BCUT2D eigenvalue weighted by atomic mass is 10.2. The number of carbonyl (C=O) groups is 1. The summed E-state index contributed by atoms with van der Waals surface area (Å²) in [6.07, 6.45) is 0. The number of carboxylic acid groups (broad SMARTS) is 1. The fourth-order valence-electron chi connectivity index (χ4n) is 1.81. The molecule has 0 amide bonds. The first-order valence-electron chi connectivity index (χ1n) is 6.46. The predicted molar refractivity (Wildman–Crippen MR) is 84.2 cm³/mol. The van der Waals surface area contributed by atoms with E-state index < -0.39 is 17.4 Å². The molecule has 0 atom stereocenters. The van der Waals surface area contributed by atoms with Crippen LogP contribution in [0.15, 0.2) is 50.4 Å². The quantitative estimate of drug-likeness (QED) is 0.323. The number of fused-ring (bicyclic) bond motifs is 1. The molecule has 0 radical (unpaired) electrons. The zero-order chi connectivity index (χ0) is 17.9. The summed E-state index contributed by atoms with van der Waals surface area (Å²) in [6, 6.07) is 7.83. The van der Waals surface area contributed by atoms with Gasteiger partial charge in [0.2, 0.25) is 0 Å². The van der Waals surface area contributed by atoms with Gasteiger partial charge in [0.25, 0.3) is 0 Å². The molecule has 0 saturated carbocycles. The van der Waals surface area contributed by atoms with Crippen LogP contribution in [0, 0.1) is 0 Å².